The van der Waals surface area contributed by atoms with Gasteiger partial charge in [0.25, 0.3) is 5.56 Å². The number of rotatable bonds is 6. The summed E-state index contributed by atoms with van der Waals surface area (Å²) in [6.07, 6.45) is 1.62. The minimum atomic E-state index is -0.126. The number of pyridine rings is 1. The minimum Gasteiger partial charge on any atom is -0.497 e. The molecule has 2 aromatic carbocycles. The van der Waals surface area contributed by atoms with E-state index >= 15 is 0 Å². The number of benzene rings is 2. The number of ether oxygens (including phenoxy) is 1. The molecule has 0 amide bonds. The van der Waals surface area contributed by atoms with Crippen molar-refractivity contribution in [2.24, 2.45) is 0 Å². The van der Waals surface area contributed by atoms with Crippen LogP contribution in [-0.4, -0.2) is 22.1 Å². The number of anilines is 1. The maximum atomic E-state index is 12.8. The highest BCUT2D eigenvalue weighted by Gasteiger charge is 2.16. The Morgan fingerprint density at radius 1 is 1.13 bits per heavy atom. The first-order valence-electron chi connectivity index (χ1n) is 9.87. The van der Waals surface area contributed by atoms with Gasteiger partial charge in [0.05, 0.1) is 32.0 Å². The third-order valence-corrected chi connectivity index (χ3v) is 5.44. The smallest absolute Gasteiger partial charge is 0.253 e. The Balaban J connectivity index is 1.61. The number of furan rings is 1. The molecule has 0 saturated heterocycles. The molecule has 2 N–H and O–H groups in total. The molecule has 0 bridgehead atoms. The van der Waals surface area contributed by atoms with Gasteiger partial charge < -0.3 is 24.4 Å². The van der Waals surface area contributed by atoms with Gasteiger partial charge in [-0.15, -0.1) is 0 Å². The molecule has 0 aliphatic rings. The number of aryl methyl sites for hydroxylation is 1. The van der Waals surface area contributed by atoms with E-state index in [1.54, 1.807) is 13.4 Å². The molecule has 0 atom stereocenters. The van der Waals surface area contributed by atoms with Crippen molar-refractivity contribution in [2.45, 2.75) is 20.0 Å². The van der Waals surface area contributed by atoms with Gasteiger partial charge in [-0.2, -0.15) is 0 Å². The highest BCUT2D eigenvalue weighted by molar-refractivity contribution is 7.80. The van der Waals surface area contributed by atoms with Crippen molar-refractivity contribution < 1.29 is 9.15 Å². The summed E-state index contributed by atoms with van der Waals surface area (Å²) in [7, 11) is 1.63. The fourth-order valence-electron chi connectivity index (χ4n) is 3.42. The van der Waals surface area contributed by atoms with E-state index in [4.69, 9.17) is 21.4 Å². The van der Waals surface area contributed by atoms with Gasteiger partial charge in [0.15, 0.2) is 5.11 Å². The molecule has 31 heavy (non-hydrogen) atoms. The van der Waals surface area contributed by atoms with Gasteiger partial charge in [0.1, 0.15) is 11.5 Å². The zero-order valence-electron chi connectivity index (χ0n) is 17.3. The monoisotopic (exact) mass is 433 g/mol. The first kappa shape index (κ1) is 20.7. The topological polar surface area (TPSA) is 70.5 Å². The summed E-state index contributed by atoms with van der Waals surface area (Å²) in [4.78, 5) is 17.7. The molecule has 0 fully saturated rings. The Morgan fingerprint density at radius 2 is 1.94 bits per heavy atom. The molecule has 0 unspecified atom stereocenters. The third-order valence-electron chi connectivity index (χ3n) is 5.08. The van der Waals surface area contributed by atoms with Crippen LogP contribution in [0.5, 0.6) is 5.75 Å². The van der Waals surface area contributed by atoms with E-state index in [9.17, 15) is 4.79 Å². The average molecular weight is 434 g/mol. The molecule has 2 heterocycles. The van der Waals surface area contributed by atoms with Gasteiger partial charge in [-0.05, 0) is 72.6 Å². The maximum absolute atomic E-state index is 12.8. The molecule has 4 aromatic rings. The van der Waals surface area contributed by atoms with Crippen LogP contribution in [0.25, 0.3) is 10.9 Å². The number of hydrogen-bond donors (Lipinski definition) is 2. The summed E-state index contributed by atoms with van der Waals surface area (Å²) in [5.74, 6) is 1.52. The number of nitrogens with zero attached hydrogens (tertiary/aromatic N) is 1. The molecule has 0 aliphatic carbocycles. The molecule has 0 spiro atoms. The summed E-state index contributed by atoms with van der Waals surface area (Å²) >= 11 is 5.68. The lowest BCUT2D eigenvalue weighted by Gasteiger charge is -2.25. The van der Waals surface area contributed by atoms with Crippen molar-refractivity contribution in [3.63, 3.8) is 0 Å². The van der Waals surface area contributed by atoms with Crippen LogP contribution >= 0.6 is 12.2 Å². The second kappa shape index (κ2) is 9.06. The SMILES string of the molecule is COc1ccc(NC(=S)N(Cc2ccco2)Cc2cc3cccc(C)c3[nH]c2=O)cc1. The summed E-state index contributed by atoms with van der Waals surface area (Å²) in [5, 5.41) is 4.72. The lowest BCUT2D eigenvalue weighted by atomic mass is 10.1. The van der Waals surface area contributed by atoms with Crippen LogP contribution in [0.3, 0.4) is 0 Å². The molecule has 2 aromatic heterocycles. The zero-order chi connectivity index (χ0) is 21.8. The summed E-state index contributed by atoms with van der Waals surface area (Å²) < 4.78 is 10.7. The lowest BCUT2D eigenvalue weighted by molar-refractivity contribution is 0.359. The van der Waals surface area contributed by atoms with Gasteiger partial charge in [-0.3, -0.25) is 4.79 Å². The molecule has 0 saturated carbocycles. The second-order valence-electron chi connectivity index (χ2n) is 7.26. The first-order chi connectivity index (χ1) is 15.0. The number of fused-ring (bicyclic) bond motifs is 1. The Bertz CT molecular complexity index is 1250. The summed E-state index contributed by atoms with van der Waals surface area (Å²) in [6, 6.07) is 19.1. The molecular weight excluding hydrogens is 410 g/mol. The van der Waals surface area contributed by atoms with E-state index in [-0.39, 0.29) is 5.56 Å². The zero-order valence-corrected chi connectivity index (χ0v) is 18.2. The van der Waals surface area contributed by atoms with Crippen molar-refractivity contribution >= 4 is 33.9 Å². The molecule has 0 radical (unpaired) electrons. The van der Waals surface area contributed by atoms with E-state index in [0.29, 0.717) is 23.8 Å². The Kier molecular flexibility index (Phi) is 6.04. The number of para-hydroxylation sites is 1. The van der Waals surface area contributed by atoms with Crippen LogP contribution < -0.4 is 15.6 Å². The maximum Gasteiger partial charge on any atom is 0.253 e. The fourth-order valence-corrected chi connectivity index (χ4v) is 3.67. The van der Waals surface area contributed by atoms with Crippen molar-refractivity contribution in [3.8, 4) is 5.75 Å². The number of aromatic nitrogens is 1. The molecule has 0 aliphatic heterocycles. The number of methoxy groups -OCH3 is 1. The number of nitrogens with one attached hydrogen (secondary N) is 2. The van der Waals surface area contributed by atoms with E-state index in [2.05, 4.69) is 10.3 Å². The van der Waals surface area contributed by atoms with Gasteiger partial charge in [0, 0.05) is 11.3 Å². The Morgan fingerprint density at radius 3 is 2.65 bits per heavy atom. The predicted octanol–water partition coefficient (Wildman–Crippen LogP) is 4.84. The van der Waals surface area contributed by atoms with E-state index in [1.165, 1.54) is 0 Å². The molecule has 158 valence electrons. The van der Waals surface area contributed by atoms with E-state index in [1.807, 2.05) is 72.5 Å². The largest absolute Gasteiger partial charge is 0.497 e. The Labute approximate surface area is 185 Å². The van der Waals surface area contributed by atoms with E-state index in [0.717, 1.165) is 33.7 Å². The van der Waals surface area contributed by atoms with Crippen LogP contribution in [0.2, 0.25) is 0 Å². The second-order valence-corrected chi connectivity index (χ2v) is 7.64. The van der Waals surface area contributed by atoms with Crippen molar-refractivity contribution in [1.29, 1.82) is 0 Å². The lowest BCUT2D eigenvalue weighted by Crippen LogP contribution is -2.35. The summed E-state index contributed by atoms with van der Waals surface area (Å²) in [6.45, 7) is 2.75. The van der Waals surface area contributed by atoms with Crippen LogP contribution in [0.4, 0.5) is 5.69 Å². The van der Waals surface area contributed by atoms with Crippen molar-refractivity contribution in [3.05, 3.63) is 94.2 Å². The van der Waals surface area contributed by atoms with Gasteiger partial charge in [-0.25, -0.2) is 0 Å². The standard InChI is InChI=1S/C24H23N3O3S/c1-16-5-3-6-17-13-18(23(28)26-22(16)17)14-27(15-21-7-4-12-30-21)24(31)25-19-8-10-20(29-2)11-9-19/h3-13H,14-15H2,1-2H3,(H,25,31)(H,26,28). The van der Waals surface area contributed by atoms with E-state index < -0.39 is 0 Å². The van der Waals surface area contributed by atoms with Crippen LogP contribution in [0.1, 0.15) is 16.9 Å². The summed E-state index contributed by atoms with van der Waals surface area (Å²) in [5.41, 5.74) is 3.22. The number of thiocarbonyl (C=S) groups is 1. The van der Waals surface area contributed by atoms with Gasteiger partial charge >= 0.3 is 0 Å². The number of H-pyrrole nitrogens is 1. The van der Waals surface area contributed by atoms with Crippen LogP contribution in [0.15, 0.2) is 76.1 Å². The molecule has 6 nitrogen and oxygen atoms in total. The van der Waals surface area contributed by atoms with Crippen LogP contribution in [-0.2, 0) is 13.1 Å². The number of hydrogen-bond acceptors (Lipinski definition) is 4. The fraction of sp³-hybridized carbons (Fsp3) is 0.167. The van der Waals surface area contributed by atoms with Crippen molar-refractivity contribution in [1.82, 2.24) is 9.88 Å². The first-order valence-corrected chi connectivity index (χ1v) is 10.3. The average Bonchev–Trinajstić information content (AvgIpc) is 3.28. The van der Waals surface area contributed by atoms with Gasteiger partial charge in [0.2, 0.25) is 0 Å². The van der Waals surface area contributed by atoms with Crippen molar-refractivity contribution in [2.75, 3.05) is 12.4 Å². The highest BCUT2D eigenvalue weighted by Crippen LogP contribution is 2.19. The van der Waals surface area contributed by atoms with Gasteiger partial charge in [-0.1, -0.05) is 18.2 Å². The van der Waals surface area contributed by atoms with Crippen LogP contribution in [0, 0.1) is 6.92 Å². The molecule has 4 rings (SSSR count). The quantitative estimate of drug-likeness (QED) is 0.424. The molecule has 7 heteroatoms. The minimum absolute atomic E-state index is 0.126. The normalized spacial score (nSPS) is 10.8. The number of aromatic amines is 1. The molecular formula is C24H23N3O3S. The highest BCUT2D eigenvalue weighted by atomic mass is 32.1. The Hall–Kier alpha value is -3.58. The predicted molar refractivity (Wildman–Crippen MR) is 126 cm³/mol. The third kappa shape index (κ3) is 4.78.